The van der Waals surface area contributed by atoms with Crippen molar-refractivity contribution in [1.29, 1.82) is 0 Å². The van der Waals surface area contributed by atoms with Gasteiger partial charge in [0.25, 0.3) is 0 Å². The van der Waals surface area contributed by atoms with E-state index in [1.807, 2.05) is 30.1 Å². The van der Waals surface area contributed by atoms with E-state index in [9.17, 15) is 9.50 Å². The molecule has 0 saturated heterocycles. The van der Waals surface area contributed by atoms with Gasteiger partial charge in [-0.1, -0.05) is 24.3 Å². The second-order valence-electron chi connectivity index (χ2n) is 5.32. The largest absolute Gasteiger partial charge is 0.508 e. The van der Waals surface area contributed by atoms with Crippen molar-refractivity contribution < 1.29 is 9.50 Å². The van der Waals surface area contributed by atoms with Gasteiger partial charge in [0.15, 0.2) is 0 Å². The number of para-hydroxylation sites is 1. The lowest BCUT2D eigenvalue weighted by Crippen LogP contribution is -2.28. The van der Waals surface area contributed by atoms with Crippen LogP contribution in [-0.4, -0.2) is 12.2 Å². The smallest absolute Gasteiger partial charge is 0.146 e. The third-order valence-corrected chi connectivity index (χ3v) is 4.15. The van der Waals surface area contributed by atoms with E-state index in [2.05, 4.69) is 0 Å². The quantitative estimate of drug-likeness (QED) is 0.891. The van der Waals surface area contributed by atoms with E-state index < -0.39 is 0 Å². The molecule has 1 aliphatic rings. The molecular formula is C17H18FNO. The Balaban J connectivity index is 2.01. The van der Waals surface area contributed by atoms with Crippen LogP contribution in [0.1, 0.15) is 30.0 Å². The molecule has 3 rings (SSSR count). The van der Waals surface area contributed by atoms with Crippen molar-refractivity contribution in [2.45, 2.75) is 25.3 Å². The molecule has 0 aliphatic heterocycles. The minimum atomic E-state index is -0.206. The van der Waals surface area contributed by atoms with Crippen LogP contribution in [0.4, 0.5) is 10.1 Å². The van der Waals surface area contributed by atoms with Crippen molar-refractivity contribution in [3.05, 3.63) is 59.4 Å². The molecular weight excluding hydrogens is 253 g/mol. The Kier molecular flexibility index (Phi) is 3.35. The molecule has 1 aliphatic carbocycles. The molecule has 0 saturated carbocycles. The predicted octanol–water partition coefficient (Wildman–Crippen LogP) is 4.05. The van der Waals surface area contributed by atoms with Gasteiger partial charge in [-0.15, -0.1) is 0 Å². The van der Waals surface area contributed by atoms with Gasteiger partial charge in [0.05, 0.1) is 11.7 Å². The first-order chi connectivity index (χ1) is 9.68. The summed E-state index contributed by atoms with van der Waals surface area (Å²) < 4.78 is 14.0. The molecule has 104 valence electrons. The zero-order valence-electron chi connectivity index (χ0n) is 11.5. The van der Waals surface area contributed by atoms with Gasteiger partial charge in [0, 0.05) is 7.05 Å². The summed E-state index contributed by atoms with van der Waals surface area (Å²) in [5.74, 6) is 0.149. The van der Waals surface area contributed by atoms with Gasteiger partial charge in [-0.2, -0.15) is 0 Å². The lowest BCUT2D eigenvalue weighted by molar-refractivity contribution is 0.452. The Bertz CT molecular complexity index is 626. The van der Waals surface area contributed by atoms with Crippen LogP contribution in [0.15, 0.2) is 42.5 Å². The van der Waals surface area contributed by atoms with Crippen LogP contribution in [0.3, 0.4) is 0 Å². The molecule has 0 aromatic heterocycles. The number of phenolic OH excluding ortho intramolecular Hbond substituents is 1. The maximum Gasteiger partial charge on any atom is 0.146 e. The van der Waals surface area contributed by atoms with E-state index in [1.54, 1.807) is 18.2 Å². The van der Waals surface area contributed by atoms with Crippen molar-refractivity contribution >= 4 is 5.69 Å². The van der Waals surface area contributed by atoms with Crippen LogP contribution in [0, 0.1) is 5.82 Å². The van der Waals surface area contributed by atoms with Crippen LogP contribution in [-0.2, 0) is 6.42 Å². The summed E-state index contributed by atoms with van der Waals surface area (Å²) in [7, 11) is 1.92. The van der Waals surface area contributed by atoms with E-state index in [4.69, 9.17) is 0 Å². The molecule has 0 spiro atoms. The summed E-state index contributed by atoms with van der Waals surface area (Å²) in [5, 5.41) is 9.99. The molecule has 0 bridgehead atoms. The van der Waals surface area contributed by atoms with Crippen molar-refractivity contribution in [2.24, 2.45) is 0 Å². The Labute approximate surface area is 118 Å². The molecule has 2 aromatic carbocycles. The Morgan fingerprint density at radius 2 is 1.95 bits per heavy atom. The number of phenols is 1. The van der Waals surface area contributed by atoms with Gasteiger partial charge in [0.1, 0.15) is 11.6 Å². The number of halogens is 1. The molecule has 2 aromatic rings. The average molecular weight is 271 g/mol. The maximum absolute atomic E-state index is 14.0. The zero-order valence-corrected chi connectivity index (χ0v) is 11.5. The van der Waals surface area contributed by atoms with E-state index in [-0.39, 0.29) is 11.9 Å². The van der Waals surface area contributed by atoms with Gasteiger partial charge < -0.3 is 10.0 Å². The fourth-order valence-corrected chi connectivity index (χ4v) is 3.11. The highest BCUT2D eigenvalue weighted by Gasteiger charge is 2.26. The van der Waals surface area contributed by atoms with Gasteiger partial charge in [0.2, 0.25) is 0 Å². The number of fused-ring (bicyclic) bond motifs is 1. The molecule has 1 unspecified atom stereocenters. The normalized spacial score (nSPS) is 17.6. The third-order valence-electron chi connectivity index (χ3n) is 4.15. The Morgan fingerprint density at radius 1 is 1.15 bits per heavy atom. The molecule has 0 heterocycles. The van der Waals surface area contributed by atoms with Crippen LogP contribution < -0.4 is 4.90 Å². The minimum Gasteiger partial charge on any atom is -0.508 e. The van der Waals surface area contributed by atoms with Crippen LogP contribution >= 0.6 is 0 Å². The Hall–Kier alpha value is -2.03. The van der Waals surface area contributed by atoms with Gasteiger partial charge in [-0.25, -0.2) is 4.39 Å². The van der Waals surface area contributed by atoms with Crippen molar-refractivity contribution in [3.63, 3.8) is 0 Å². The maximum atomic E-state index is 14.0. The number of rotatable bonds is 2. The van der Waals surface area contributed by atoms with Crippen molar-refractivity contribution in [2.75, 3.05) is 11.9 Å². The lowest BCUT2D eigenvalue weighted by Gasteiger charge is -2.35. The third kappa shape index (κ3) is 2.13. The fraction of sp³-hybridized carbons (Fsp3) is 0.294. The SMILES string of the molecule is CN(c1ccccc1F)C1CCCc2c(O)cccc21. The zero-order chi connectivity index (χ0) is 14.1. The summed E-state index contributed by atoms with van der Waals surface area (Å²) in [5.41, 5.74) is 2.72. The molecule has 0 radical (unpaired) electrons. The number of hydrogen-bond donors (Lipinski definition) is 1. The van der Waals surface area contributed by atoms with Gasteiger partial charge in [-0.05, 0) is 48.6 Å². The Morgan fingerprint density at radius 3 is 2.75 bits per heavy atom. The topological polar surface area (TPSA) is 23.5 Å². The monoisotopic (exact) mass is 271 g/mol. The average Bonchev–Trinajstić information content (AvgIpc) is 2.47. The van der Waals surface area contributed by atoms with Gasteiger partial charge >= 0.3 is 0 Å². The van der Waals surface area contributed by atoms with E-state index in [0.717, 1.165) is 30.4 Å². The second-order valence-corrected chi connectivity index (χ2v) is 5.32. The molecule has 0 fully saturated rings. The predicted molar refractivity (Wildman–Crippen MR) is 78.6 cm³/mol. The van der Waals surface area contributed by atoms with Crippen LogP contribution in [0.5, 0.6) is 5.75 Å². The summed E-state index contributed by atoms with van der Waals surface area (Å²) in [6.07, 6.45) is 2.87. The molecule has 2 nitrogen and oxygen atoms in total. The van der Waals surface area contributed by atoms with E-state index >= 15 is 0 Å². The highest BCUT2D eigenvalue weighted by molar-refractivity contribution is 5.52. The van der Waals surface area contributed by atoms with Gasteiger partial charge in [-0.3, -0.25) is 0 Å². The van der Waals surface area contributed by atoms with Crippen LogP contribution in [0.25, 0.3) is 0 Å². The number of nitrogens with zero attached hydrogens (tertiary/aromatic N) is 1. The number of aromatic hydroxyl groups is 1. The number of benzene rings is 2. The summed E-state index contributed by atoms with van der Waals surface area (Å²) >= 11 is 0. The first-order valence-electron chi connectivity index (χ1n) is 6.96. The highest BCUT2D eigenvalue weighted by atomic mass is 19.1. The first kappa shape index (κ1) is 13.0. The molecule has 1 atom stereocenters. The molecule has 20 heavy (non-hydrogen) atoms. The van der Waals surface area contributed by atoms with Crippen molar-refractivity contribution in [1.82, 2.24) is 0 Å². The summed E-state index contributed by atoms with van der Waals surface area (Å²) in [6.45, 7) is 0. The lowest BCUT2D eigenvalue weighted by atomic mass is 9.86. The van der Waals surface area contributed by atoms with Crippen molar-refractivity contribution in [3.8, 4) is 5.75 Å². The fourth-order valence-electron chi connectivity index (χ4n) is 3.11. The standard InChI is InChI=1S/C17H18FNO/c1-19(16-9-3-2-8-14(16)18)15-10-4-7-13-12(15)6-5-11-17(13)20/h2-3,5-6,8-9,11,15,20H,4,7,10H2,1H3. The van der Waals surface area contributed by atoms with E-state index in [1.165, 1.54) is 6.07 Å². The highest BCUT2D eigenvalue weighted by Crippen LogP contribution is 2.39. The van der Waals surface area contributed by atoms with Crippen LogP contribution in [0.2, 0.25) is 0 Å². The molecule has 0 amide bonds. The first-order valence-corrected chi connectivity index (χ1v) is 6.96. The second kappa shape index (κ2) is 5.16. The molecule has 3 heteroatoms. The molecule has 1 N–H and O–H groups in total. The number of hydrogen-bond acceptors (Lipinski definition) is 2. The minimum absolute atomic E-state index is 0.114. The summed E-state index contributed by atoms with van der Waals surface area (Å²) in [4.78, 5) is 1.98. The number of anilines is 1. The van der Waals surface area contributed by atoms with E-state index in [0.29, 0.717) is 11.4 Å². The summed E-state index contributed by atoms with van der Waals surface area (Å²) in [6, 6.07) is 12.6.